The molecule has 0 aromatic heterocycles. The summed E-state index contributed by atoms with van der Waals surface area (Å²) in [5.41, 5.74) is -0.403. The Hall–Kier alpha value is -3.82. The second-order valence-corrected chi connectivity index (χ2v) is 15.2. The lowest BCUT2D eigenvalue weighted by Crippen LogP contribution is -2.14. The Bertz CT molecular complexity index is 1760. The van der Waals surface area contributed by atoms with Crippen molar-refractivity contribution in [3.8, 4) is 40.6 Å². The number of aliphatic hydroxyl groups is 1. The summed E-state index contributed by atoms with van der Waals surface area (Å²) in [5, 5.41) is 16.9. The van der Waals surface area contributed by atoms with E-state index in [1.54, 1.807) is 13.8 Å². The van der Waals surface area contributed by atoms with E-state index in [0.29, 0.717) is 38.8 Å². The predicted octanol–water partition coefficient (Wildman–Crippen LogP) is 13.1. The Labute approximate surface area is 326 Å². The van der Waals surface area contributed by atoms with Gasteiger partial charge in [-0.2, -0.15) is 0 Å². The van der Waals surface area contributed by atoms with Crippen LogP contribution in [0, 0.1) is 11.8 Å². The van der Waals surface area contributed by atoms with Gasteiger partial charge in [0.2, 0.25) is 0 Å². The van der Waals surface area contributed by atoms with Gasteiger partial charge in [0.15, 0.2) is 23.0 Å². The summed E-state index contributed by atoms with van der Waals surface area (Å²) >= 11 is 0. The maximum atomic E-state index is 10.6. The van der Waals surface area contributed by atoms with Crippen molar-refractivity contribution in [1.29, 1.82) is 0 Å². The number of unbranched alkanes of at least 4 members (excludes halogenated alkanes) is 10. The normalized spacial score (nSPS) is 11.6. The smallest absolute Gasteiger partial charge is 0.161 e. The average molecular weight is 741 g/mol. The first-order valence-corrected chi connectivity index (χ1v) is 21.2. The molecule has 1 N–H and O–H groups in total. The van der Waals surface area contributed by atoms with Crippen LogP contribution in [0.25, 0.3) is 32.3 Å². The standard InChI is InChI=1S/C48H68O6/c1-8-13-18-25-50-43-31-38-37(30-36(43)23-24-48(6,7)49)39-32-44(51-26-19-14-9-2)46(53-28-21-16-11-4)34-41(39)42-35-47(54-29-22-17-12-5)45(33-40(38)42)52-27-20-15-10-3/h30-35,49H,8-22,25-29H2,1-7H3. The second-order valence-electron chi connectivity index (χ2n) is 15.2. The third-order valence-corrected chi connectivity index (χ3v) is 9.69. The van der Waals surface area contributed by atoms with E-state index in [1.165, 1.54) is 0 Å². The Morgan fingerprint density at radius 1 is 0.407 bits per heavy atom. The Morgan fingerprint density at radius 3 is 0.944 bits per heavy atom. The first kappa shape index (κ1) is 42.9. The zero-order valence-electron chi connectivity index (χ0n) is 34.6. The summed E-state index contributed by atoms with van der Waals surface area (Å²) in [7, 11) is 0. The van der Waals surface area contributed by atoms with E-state index in [4.69, 9.17) is 23.7 Å². The fourth-order valence-electron chi connectivity index (χ4n) is 6.60. The summed E-state index contributed by atoms with van der Waals surface area (Å²) < 4.78 is 32.6. The summed E-state index contributed by atoms with van der Waals surface area (Å²) in [6.45, 7) is 17.6. The summed E-state index contributed by atoms with van der Waals surface area (Å²) in [6.07, 6.45) is 16.1. The molecule has 0 unspecified atom stereocenters. The van der Waals surface area contributed by atoms with Crippen molar-refractivity contribution in [2.75, 3.05) is 33.0 Å². The van der Waals surface area contributed by atoms with Crippen LogP contribution in [0.3, 0.4) is 0 Å². The SMILES string of the molecule is CCCCCOc1cc2c(cc1C#CC(C)(C)O)c1cc(OCCCCC)c(OCCCCC)cc1c1cc(OCCCCC)c(OCCCCC)cc21. The van der Waals surface area contributed by atoms with Gasteiger partial charge < -0.3 is 28.8 Å². The molecule has 0 fully saturated rings. The van der Waals surface area contributed by atoms with Gasteiger partial charge in [-0.1, -0.05) is 111 Å². The lowest BCUT2D eigenvalue weighted by Gasteiger charge is -2.20. The van der Waals surface area contributed by atoms with Crippen LogP contribution in [0.4, 0.5) is 0 Å². The van der Waals surface area contributed by atoms with Crippen LogP contribution in [0.5, 0.6) is 28.7 Å². The molecule has 0 spiro atoms. The molecule has 0 aliphatic heterocycles. The molecule has 0 heterocycles. The van der Waals surface area contributed by atoms with Crippen molar-refractivity contribution in [2.24, 2.45) is 0 Å². The van der Waals surface area contributed by atoms with E-state index in [2.05, 4.69) is 82.9 Å². The molecule has 0 saturated heterocycles. The fraction of sp³-hybridized carbons (Fsp3) is 0.583. The van der Waals surface area contributed by atoms with Crippen LogP contribution in [0.2, 0.25) is 0 Å². The largest absolute Gasteiger partial charge is 0.492 e. The van der Waals surface area contributed by atoms with Crippen LogP contribution < -0.4 is 23.7 Å². The van der Waals surface area contributed by atoms with Gasteiger partial charge >= 0.3 is 0 Å². The number of rotatable bonds is 25. The maximum Gasteiger partial charge on any atom is 0.161 e. The van der Waals surface area contributed by atoms with Crippen molar-refractivity contribution in [1.82, 2.24) is 0 Å². The lowest BCUT2D eigenvalue weighted by molar-refractivity contribution is 0.143. The third kappa shape index (κ3) is 12.6. The van der Waals surface area contributed by atoms with E-state index >= 15 is 0 Å². The van der Waals surface area contributed by atoms with Crippen LogP contribution in [-0.2, 0) is 0 Å². The van der Waals surface area contributed by atoms with Crippen molar-refractivity contribution in [3.63, 3.8) is 0 Å². The number of hydrogen-bond acceptors (Lipinski definition) is 6. The highest BCUT2D eigenvalue weighted by Gasteiger charge is 2.20. The molecule has 0 radical (unpaired) electrons. The lowest BCUT2D eigenvalue weighted by atomic mass is 9.92. The summed E-state index contributed by atoms with van der Waals surface area (Å²) in [6, 6.07) is 12.9. The molecule has 4 aromatic rings. The van der Waals surface area contributed by atoms with Crippen molar-refractivity contribution >= 4 is 32.3 Å². The minimum atomic E-state index is -1.15. The molecule has 4 rings (SSSR count). The third-order valence-electron chi connectivity index (χ3n) is 9.69. The molecule has 0 atom stereocenters. The van der Waals surface area contributed by atoms with Gasteiger partial charge in [-0.25, -0.2) is 0 Å². The average Bonchev–Trinajstić information content (AvgIpc) is 3.16. The number of ether oxygens (including phenoxy) is 5. The first-order chi connectivity index (χ1) is 26.2. The van der Waals surface area contributed by atoms with Gasteiger partial charge in [-0.05, 0) is 115 Å². The van der Waals surface area contributed by atoms with Gasteiger partial charge in [0.25, 0.3) is 0 Å². The highest BCUT2D eigenvalue weighted by atomic mass is 16.5. The van der Waals surface area contributed by atoms with E-state index in [0.717, 1.165) is 157 Å². The molecule has 296 valence electrons. The molecule has 6 heteroatoms. The van der Waals surface area contributed by atoms with Gasteiger partial charge in [0.1, 0.15) is 11.4 Å². The van der Waals surface area contributed by atoms with Crippen LogP contribution in [-0.4, -0.2) is 43.7 Å². The maximum absolute atomic E-state index is 10.6. The van der Waals surface area contributed by atoms with Crippen molar-refractivity contribution < 1.29 is 28.8 Å². The van der Waals surface area contributed by atoms with Crippen LogP contribution >= 0.6 is 0 Å². The van der Waals surface area contributed by atoms with E-state index in [1.807, 2.05) is 0 Å². The quantitative estimate of drug-likeness (QED) is 0.0415. The van der Waals surface area contributed by atoms with Gasteiger partial charge in [-0.3, -0.25) is 0 Å². The van der Waals surface area contributed by atoms with E-state index in [9.17, 15) is 5.11 Å². The van der Waals surface area contributed by atoms with Gasteiger partial charge in [-0.15, -0.1) is 0 Å². The molecule has 4 aromatic carbocycles. The Morgan fingerprint density at radius 2 is 0.667 bits per heavy atom. The minimum Gasteiger partial charge on any atom is -0.492 e. The van der Waals surface area contributed by atoms with Gasteiger partial charge in [0, 0.05) is 0 Å². The van der Waals surface area contributed by atoms with Gasteiger partial charge in [0.05, 0.1) is 38.6 Å². The number of benzene rings is 4. The Balaban J connectivity index is 2.06. The number of hydrogen-bond donors (Lipinski definition) is 1. The molecule has 0 aliphatic carbocycles. The Kier molecular flexibility index (Phi) is 17.9. The molecule has 6 nitrogen and oxygen atoms in total. The van der Waals surface area contributed by atoms with E-state index in [-0.39, 0.29) is 0 Å². The molecule has 0 bridgehead atoms. The topological polar surface area (TPSA) is 66.4 Å². The highest BCUT2D eigenvalue weighted by Crippen LogP contribution is 2.46. The molecule has 0 saturated carbocycles. The predicted molar refractivity (Wildman–Crippen MR) is 227 cm³/mol. The second kappa shape index (κ2) is 22.5. The van der Waals surface area contributed by atoms with E-state index < -0.39 is 5.60 Å². The van der Waals surface area contributed by atoms with Crippen molar-refractivity contribution in [2.45, 2.75) is 150 Å². The minimum absolute atomic E-state index is 0.595. The summed E-state index contributed by atoms with van der Waals surface area (Å²) in [5.74, 6) is 10.1. The molecule has 0 aliphatic rings. The monoisotopic (exact) mass is 741 g/mol. The summed E-state index contributed by atoms with van der Waals surface area (Å²) in [4.78, 5) is 0. The molecule has 54 heavy (non-hydrogen) atoms. The molecular formula is C48H68O6. The number of fused-ring (bicyclic) bond motifs is 6. The van der Waals surface area contributed by atoms with Crippen LogP contribution in [0.15, 0.2) is 36.4 Å². The zero-order valence-corrected chi connectivity index (χ0v) is 34.6. The molecule has 0 amide bonds. The van der Waals surface area contributed by atoms with Crippen LogP contribution in [0.1, 0.15) is 150 Å². The zero-order chi connectivity index (χ0) is 38.8. The first-order valence-electron chi connectivity index (χ1n) is 21.2. The van der Waals surface area contributed by atoms with Crippen molar-refractivity contribution in [3.05, 3.63) is 42.0 Å². The fourth-order valence-corrected chi connectivity index (χ4v) is 6.60. The molecular weight excluding hydrogens is 673 g/mol. The highest BCUT2D eigenvalue weighted by molar-refractivity contribution is 6.26.